The van der Waals surface area contributed by atoms with Crippen molar-refractivity contribution in [2.75, 3.05) is 11.1 Å². The van der Waals surface area contributed by atoms with Gasteiger partial charge in [0.2, 0.25) is 0 Å². The Morgan fingerprint density at radius 3 is 2.67 bits per heavy atom. The molecule has 3 N–H and O–H groups in total. The molecule has 0 aliphatic heterocycles. The van der Waals surface area contributed by atoms with Crippen LogP contribution < -0.4 is 11.1 Å². The molecule has 0 unspecified atom stereocenters. The topological polar surface area (TPSA) is 111 Å². The van der Waals surface area contributed by atoms with E-state index >= 15 is 0 Å². The first kappa shape index (κ1) is 18.4. The molecule has 0 spiro atoms. The summed E-state index contributed by atoms with van der Waals surface area (Å²) in [5, 5.41) is 6.39. The predicted octanol–water partition coefficient (Wildman–Crippen LogP) is 4.27. The lowest BCUT2D eigenvalue weighted by atomic mass is 9.89. The maximum Gasteiger partial charge on any atom is 0.256 e. The summed E-state index contributed by atoms with van der Waals surface area (Å²) < 4.78 is 6.82. The number of nitrogens with one attached hydrogen (secondary N) is 1. The summed E-state index contributed by atoms with van der Waals surface area (Å²) >= 11 is 0. The van der Waals surface area contributed by atoms with Crippen LogP contribution in [0.2, 0.25) is 0 Å². The Kier molecular flexibility index (Phi) is 4.66. The first-order chi connectivity index (χ1) is 14.7. The van der Waals surface area contributed by atoms with Gasteiger partial charge in [0.05, 0.1) is 0 Å². The summed E-state index contributed by atoms with van der Waals surface area (Å²) in [6.07, 6.45) is 11.1. The summed E-state index contributed by atoms with van der Waals surface area (Å²) in [5.74, 6) is 2.04. The van der Waals surface area contributed by atoms with Crippen molar-refractivity contribution in [1.82, 2.24) is 19.5 Å². The van der Waals surface area contributed by atoms with Crippen molar-refractivity contribution >= 4 is 23.1 Å². The third-order valence-corrected chi connectivity index (χ3v) is 5.68. The fourth-order valence-corrected chi connectivity index (χ4v) is 4.18. The molecule has 3 heterocycles. The zero-order chi connectivity index (χ0) is 20.5. The monoisotopic (exact) mass is 402 g/mol. The number of nitrogens with zero attached hydrogens (tertiary/aromatic N) is 4. The number of carbonyl (C=O) groups is 1. The summed E-state index contributed by atoms with van der Waals surface area (Å²) in [6, 6.07) is 8.89. The summed E-state index contributed by atoms with van der Waals surface area (Å²) in [5.41, 5.74) is 9.27. The standard InChI is InChI=1S/C22H22N6O2/c23-20-19-18(26-21(28(19)12-11-24-20)15-4-2-1-3-5-15)14-6-8-16(9-7-14)22(29)25-17-10-13-30-27-17/h6-13,15H,1-5H2,(H2,23,24)(H,25,27,29). The second-order valence-corrected chi connectivity index (χ2v) is 7.60. The normalized spacial score (nSPS) is 14.8. The molecular formula is C22H22N6O2. The molecule has 1 aliphatic carbocycles. The van der Waals surface area contributed by atoms with E-state index in [-0.39, 0.29) is 5.91 Å². The highest BCUT2D eigenvalue weighted by Crippen LogP contribution is 2.36. The van der Waals surface area contributed by atoms with E-state index in [0.29, 0.717) is 23.1 Å². The zero-order valence-electron chi connectivity index (χ0n) is 16.4. The second-order valence-electron chi connectivity index (χ2n) is 7.60. The van der Waals surface area contributed by atoms with Crippen molar-refractivity contribution in [3.05, 3.63) is 60.4 Å². The zero-order valence-corrected chi connectivity index (χ0v) is 16.4. The highest BCUT2D eigenvalue weighted by Gasteiger charge is 2.24. The smallest absolute Gasteiger partial charge is 0.256 e. The minimum atomic E-state index is -0.255. The largest absolute Gasteiger partial charge is 0.382 e. The molecule has 0 bridgehead atoms. The van der Waals surface area contributed by atoms with E-state index < -0.39 is 0 Å². The van der Waals surface area contributed by atoms with E-state index in [1.807, 2.05) is 18.3 Å². The molecule has 1 saturated carbocycles. The maximum absolute atomic E-state index is 12.4. The van der Waals surface area contributed by atoms with Crippen LogP contribution >= 0.6 is 0 Å². The Morgan fingerprint density at radius 2 is 1.93 bits per heavy atom. The number of carbonyl (C=O) groups excluding carboxylic acids is 1. The number of fused-ring (bicyclic) bond motifs is 1. The molecule has 5 rings (SSSR count). The van der Waals surface area contributed by atoms with Gasteiger partial charge in [-0.1, -0.05) is 36.6 Å². The number of nitrogens with two attached hydrogens (primary N) is 1. The number of hydrogen-bond donors (Lipinski definition) is 2. The number of nitrogen functional groups attached to an aromatic ring is 1. The Balaban J connectivity index is 1.50. The molecule has 152 valence electrons. The number of aromatic nitrogens is 4. The number of imidazole rings is 1. The molecule has 0 atom stereocenters. The fourth-order valence-electron chi connectivity index (χ4n) is 4.18. The van der Waals surface area contributed by atoms with Crippen LogP contribution in [0.3, 0.4) is 0 Å². The molecular weight excluding hydrogens is 380 g/mol. The van der Waals surface area contributed by atoms with Crippen molar-refractivity contribution in [2.24, 2.45) is 0 Å². The Labute approximate surface area is 173 Å². The molecule has 1 aliphatic rings. The van der Waals surface area contributed by atoms with Crippen molar-refractivity contribution in [2.45, 2.75) is 38.0 Å². The van der Waals surface area contributed by atoms with Gasteiger partial charge in [0.25, 0.3) is 5.91 Å². The van der Waals surface area contributed by atoms with Crippen molar-refractivity contribution in [3.63, 3.8) is 0 Å². The van der Waals surface area contributed by atoms with Gasteiger partial charge in [0.1, 0.15) is 29.1 Å². The molecule has 0 saturated heterocycles. The van der Waals surface area contributed by atoms with Crippen LogP contribution in [-0.2, 0) is 0 Å². The molecule has 8 nitrogen and oxygen atoms in total. The van der Waals surface area contributed by atoms with E-state index in [1.54, 1.807) is 24.4 Å². The Morgan fingerprint density at radius 1 is 1.13 bits per heavy atom. The SMILES string of the molecule is Nc1nccn2c(C3CCCCC3)nc(-c3ccc(C(=O)Nc4ccon4)cc3)c12. The quantitative estimate of drug-likeness (QED) is 0.527. The number of rotatable bonds is 4. The number of benzene rings is 1. The number of amides is 1. The van der Waals surface area contributed by atoms with Crippen LogP contribution in [0.15, 0.2) is 53.5 Å². The Hall–Kier alpha value is -3.68. The molecule has 1 aromatic carbocycles. The highest BCUT2D eigenvalue weighted by molar-refractivity contribution is 6.04. The lowest BCUT2D eigenvalue weighted by Crippen LogP contribution is -2.11. The van der Waals surface area contributed by atoms with Gasteiger partial charge in [-0.15, -0.1) is 0 Å². The van der Waals surface area contributed by atoms with E-state index in [9.17, 15) is 4.79 Å². The van der Waals surface area contributed by atoms with Gasteiger partial charge in [-0.2, -0.15) is 0 Å². The molecule has 0 radical (unpaired) electrons. The predicted molar refractivity (Wildman–Crippen MR) is 113 cm³/mol. The lowest BCUT2D eigenvalue weighted by molar-refractivity contribution is 0.102. The molecule has 8 heteroatoms. The average Bonchev–Trinajstić information content (AvgIpc) is 3.43. The van der Waals surface area contributed by atoms with Gasteiger partial charge in [-0.3, -0.25) is 9.20 Å². The summed E-state index contributed by atoms with van der Waals surface area (Å²) in [7, 11) is 0. The molecule has 1 amide bonds. The van der Waals surface area contributed by atoms with Crippen molar-refractivity contribution < 1.29 is 9.32 Å². The summed E-state index contributed by atoms with van der Waals surface area (Å²) in [6.45, 7) is 0. The van der Waals surface area contributed by atoms with Crippen molar-refractivity contribution in [1.29, 1.82) is 0 Å². The van der Waals surface area contributed by atoms with E-state index in [1.165, 1.54) is 25.5 Å². The van der Waals surface area contributed by atoms with E-state index in [0.717, 1.165) is 35.4 Å². The Bertz CT molecular complexity index is 1170. The third-order valence-electron chi connectivity index (χ3n) is 5.68. The number of anilines is 2. The molecule has 4 aromatic rings. The number of hydrogen-bond acceptors (Lipinski definition) is 6. The van der Waals surface area contributed by atoms with Gasteiger partial charge < -0.3 is 15.6 Å². The molecule has 1 fully saturated rings. The minimum Gasteiger partial charge on any atom is -0.382 e. The average molecular weight is 402 g/mol. The van der Waals surface area contributed by atoms with Gasteiger partial charge in [-0.25, -0.2) is 9.97 Å². The van der Waals surface area contributed by atoms with Crippen LogP contribution in [0.5, 0.6) is 0 Å². The lowest BCUT2D eigenvalue weighted by Gasteiger charge is -2.20. The first-order valence-electron chi connectivity index (χ1n) is 10.2. The van der Waals surface area contributed by atoms with Gasteiger partial charge >= 0.3 is 0 Å². The first-order valence-corrected chi connectivity index (χ1v) is 10.2. The van der Waals surface area contributed by atoms with E-state index in [4.69, 9.17) is 15.2 Å². The van der Waals surface area contributed by atoms with Crippen molar-refractivity contribution in [3.8, 4) is 11.3 Å². The van der Waals surface area contributed by atoms with Crippen LogP contribution in [0.1, 0.15) is 54.2 Å². The minimum absolute atomic E-state index is 0.255. The third kappa shape index (κ3) is 3.30. The van der Waals surface area contributed by atoms with Gasteiger partial charge in [-0.05, 0) is 25.0 Å². The molecule has 30 heavy (non-hydrogen) atoms. The van der Waals surface area contributed by atoms with Gasteiger partial charge in [0, 0.05) is 35.5 Å². The fraction of sp³-hybridized carbons (Fsp3) is 0.273. The van der Waals surface area contributed by atoms with Crippen LogP contribution in [-0.4, -0.2) is 25.4 Å². The van der Waals surface area contributed by atoms with Gasteiger partial charge in [0.15, 0.2) is 5.82 Å². The highest BCUT2D eigenvalue weighted by atomic mass is 16.5. The molecule has 3 aromatic heterocycles. The summed E-state index contributed by atoms with van der Waals surface area (Å²) in [4.78, 5) is 21.7. The van der Waals surface area contributed by atoms with E-state index in [2.05, 4.69) is 19.9 Å². The maximum atomic E-state index is 12.4. The van der Waals surface area contributed by atoms with Crippen LogP contribution in [0, 0.1) is 0 Å². The van der Waals surface area contributed by atoms with Crippen LogP contribution in [0.4, 0.5) is 11.6 Å². The second kappa shape index (κ2) is 7.62. The van der Waals surface area contributed by atoms with Crippen LogP contribution in [0.25, 0.3) is 16.8 Å².